The topological polar surface area (TPSA) is 39.7 Å². The lowest BCUT2D eigenvalue weighted by Crippen LogP contribution is -2.02. The van der Waals surface area contributed by atoms with Crippen LogP contribution in [0, 0.1) is 0 Å². The number of ether oxygens (including phenoxy) is 3. The van der Waals surface area contributed by atoms with Crippen LogP contribution in [0.5, 0.6) is 17.2 Å². The van der Waals surface area contributed by atoms with E-state index in [1.165, 1.54) is 0 Å². The van der Waals surface area contributed by atoms with Gasteiger partial charge in [-0.25, -0.2) is 0 Å². The summed E-state index contributed by atoms with van der Waals surface area (Å²) in [4.78, 5) is 0. The highest BCUT2D eigenvalue weighted by Gasteiger charge is 2.13. The van der Waals surface area contributed by atoms with Crippen LogP contribution in [-0.4, -0.2) is 13.9 Å². The molecule has 0 atom stereocenters. The third-order valence-electron chi connectivity index (χ3n) is 3.14. The van der Waals surface area contributed by atoms with Crippen LogP contribution in [0.15, 0.2) is 36.4 Å². The quantitative estimate of drug-likeness (QED) is 0.932. The first-order chi connectivity index (χ1) is 9.78. The van der Waals surface area contributed by atoms with E-state index in [2.05, 4.69) is 5.32 Å². The number of fused-ring (bicyclic) bond motifs is 1. The van der Waals surface area contributed by atoms with Crippen LogP contribution in [0.25, 0.3) is 0 Å². The molecule has 0 aromatic heterocycles. The van der Waals surface area contributed by atoms with Gasteiger partial charge in [-0.1, -0.05) is 17.7 Å². The molecule has 20 heavy (non-hydrogen) atoms. The first kappa shape index (κ1) is 12.9. The second kappa shape index (κ2) is 5.51. The van der Waals surface area contributed by atoms with E-state index in [-0.39, 0.29) is 6.79 Å². The summed E-state index contributed by atoms with van der Waals surface area (Å²) >= 11 is 6.20. The molecule has 1 aliphatic heterocycles. The van der Waals surface area contributed by atoms with Crippen LogP contribution in [0.3, 0.4) is 0 Å². The molecule has 0 saturated heterocycles. The van der Waals surface area contributed by atoms with Gasteiger partial charge < -0.3 is 19.5 Å². The summed E-state index contributed by atoms with van der Waals surface area (Å²) in [6.45, 7) is 0.847. The molecule has 0 saturated carbocycles. The van der Waals surface area contributed by atoms with Crippen molar-refractivity contribution < 1.29 is 14.2 Å². The average Bonchev–Trinajstić information content (AvgIpc) is 2.93. The average molecular weight is 292 g/mol. The van der Waals surface area contributed by atoms with Crippen molar-refractivity contribution >= 4 is 17.3 Å². The fraction of sp³-hybridized carbons (Fsp3) is 0.200. The molecule has 0 spiro atoms. The molecule has 1 heterocycles. The van der Waals surface area contributed by atoms with Crippen molar-refractivity contribution in [1.82, 2.24) is 0 Å². The Bertz CT molecular complexity index is 631. The van der Waals surface area contributed by atoms with Crippen molar-refractivity contribution in [3.05, 3.63) is 47.0 Å². The van der Waals surface area contributed by atoms with Crippen LogP contribution in [0.4, 0.5) is 5.69 Å². The molecule has 0 amide bonds. The Balaban J connectivity index is 1.77. The smallest absolute Gasteiger partial charge is 0.231 e. The van der Waals surface area contributed by atoms with Gasteiger partial charge in [-0.05, 0) is 24.3 Å². The number of rotatable bonds is 4. The zero-order valence-corrected chi connectivity index (χ0v) is 11.7. The van der Waals surface area contributed by atoms with Gasteiger partial charge in [0.25, 0.3) is 0 Å². The van der Waals surface area contributed by atoms with Gasteiger partial charge in [0.15, 0.2) is 11.5 Å². The molecule has 3 rings (SSSR count). The van der Waals surface area contributed by atoms with E-state index in [0.717, 1.165) is 28.5 Å². The maximum absolute atomic E-state index is 6.20. The Morgan fingerprint density at radius 2 is 2.05 bits per heavy atom. The van der Waals surface area contributed by atoms with Gasteiger partial charge in [-0.15, -0.1) is 0 Å². The number of hydrogen-bond donors (Lipinski definition) is 1. The normalized spacial score (nSPS) is 12.3. The predicted octanol–water partition coefficient (Wildman–Crippen LogP) is 3.69. The maximum atomic E-state index is 6.20. The summed E-state index contributed by atoms with van der Waals surface area (Å²) < 4.78 is 15.9. The largest absolute Gasteiger partial charge is 0.496 e. The Labute approximate surface area is 122 Å². The van der Waals surface area contributed by atoms with Crippen molar-refractivity contribution in [1.29, 1.82) is 0 Å². The van der Waals surface area contributed by atoms with Crippen LogP contribution in [0.1, 0.15) is 5.56 Å². The first-order valence-corrected chi connectivity index (χ1v) is 6.60. The first-order valence-electron chi connectivity index (χ1n) is 6.23. The number of benzene rings is 2. The van der Waals surface area contributed by atoms with E-state index in [0.29, 0.717) is 11.6 Å². The van der Waals surface area contributed by atoms with Gasteiger partial charge in [0, 0.05) is 28.9 Å². The van der Waals surface area contributed by atoms with E-state index in [1.807, 2.05) is 36.4 Å². The van der Waals surface area contributed by atoms with Crippen molar-refractivity contribution in [3.8, 4) is 17.2 Å². The lowest BCUT2D eigenvalue weighted by Gasteiger charge is -2.12. The fourth-order valence-electron chi connectivity index (χ4n) is 2.10. The summed E-state index contributed by atoms with van der Waals surface area (Å²) in [6.07, 6.45) is 0. The Kier molecular flexibility index (Phi) is 3.56. The van der Waals surface area contributed by atoms with E-state index in [9.17, 15) is 0 Å². The van der Waals surface area contributed by atoms with E-state index < -0.39 is 0 Å². The standard InChI is InChI=1S/C15H14ClNO3/c1-18-13-4-2-3-12(16)11(13)8-17-10-5-6-14-15(7-10)20-9-19-14/h2-7,17H,8-9H2,1H3. The lowest BCUT2D eigenvalue weighted by atomic mass is 10.2. The molecule has 0 fully saturated rings. The van der Waals surface area contributed by atoms with Crippen LogP contribution < -0.4 is 19.5 Å². The summed E-state index contributed by atoms with van der Waals surface area (Å²) in [5.41, 5.74) is 1.87. The number of anilines is 1. The minimum atomic E-state index is 0.275. The Hall–Kier alpha value is -2.07. The summed E-state index contributed by atoms with van der Waals surface area (Å²) in [5, 5.41) is 3.98. The van der Waals surface area contributed by atoms with Gasteiger partial charge >= 0.3 is 0 Å². The zero-order valence-electron chi connectivity index (χ0n) is 11.0. The zero-order chi connectivity index (χ0) is 13.9. The molecule has 4 nitrogen and oxygen atoms in total. The van der Waals surface area contributed by atoms with E-state index >= 15 is 0 Å². The molecule has 1 N–H and O–H groups in total. The van der Waals surface area contributed by atoms with Gasteiger partial charge in [0.2, 0.25) is 6.79 Å². The number of methoxy groups -OCH3 is 1. The van der Waals surface area contributed by atoms with Crippen molar-refractivity contribution in [2.75, 3.05) is 19.2 Å². The number of hydrogen-bond acceptors (Lipinski definition) is 4. The van der Waals surface area contributed by atoms with Crippen LogP contribution in [-0.2, 0) is 6.54 Å². The lowest BCUT2D eigenvalue weighted by molar-refractivity contribution is 0.174. The third kappa shape index (κ3) is 2.47. The minimum absolute atomic E-state index is 0.275. The molecule has 0 radical (unpaired) electrons. The molecular weight excluding hydrogens is 278 g/mol. The highest BCUT2D eigenvalue weighted by molar-refractivity contribution is 6.31. The molecule has 0 bridgehead atoms. The van der Waals surface area contributed by atoms with Gasteiger partial charge in [-0.3, -0.25) is 0 Å². The van der Waals surface area contributed by atoms with Crippen molar-refractivity contribution in [2.45, 2.75) is 6.54 Å². The Morgan fingerprint density at radius 1 is 1.20 bits per heavy atom. The number of halogens is 1. The van der Waals surface area contributed by atoms with E-state index in [1.54, 1.807) is 7.11 Å². The van der Waals surface area contributed by atoms with Gasteiger partial charge in [0.05, 0.1) is 7.11 Å². The third-order valence-corrected chi connectivity index (χ3v) is 3.49. The molecule has 2 aromatic carbocycles. The van der Waals surface area contributed by atoms with Crippen LogP contribution in [0.2, 0.25) is 5.02 Å². The van der Waals surface area contributed by atoms with E-state index in [4.69, 9.17) is 25.8 Å². The second-order valence-electron chi connectivity index (χ2n) is 4.34. The predicted molar refractivity (Wildman–Crippen MR) is 77.9 cm³/mol. The molecule has 104 valence electrons. The summed E-state index contributed by atoms with van der Waals surface area (Å²) in [5.74, 6) is 2.29. The second-order valence-corrected chi connectivity index (χ2v) is 4.75. The number of nitrogens with one attached hydrogen (secondary N) is 1. The van der Waals surface area contributed by atoms with Gasteiger partial charge in [-0.2, -0.15) is 0 Å². The minimum Gasteiger partial charge on any atom is -0.496 e. The summed E-state index contributed by atoms with van der Waals surface area (Å²) in [6, 6.07) is 11.3. The summed E-state index contributed by atoms with van der Waals surface area (Å²) in [7, 11) is 1.63. The molecule has 2 aromatic rings. The Morgan fingerprint density at radius 3 is 2.90 bits per heavy atom. The SMILES string of the molecule is COc1cccc(Cl)c1CNc1ccc2c(c1)OCO2. The highest BCUT2D eigenvalue weighted by Crippen LogP contribution is 2.35. The monoisotopic (exact) mass is 291 g/mol. The van der Waals surface area contributed by atoms with Gasteiger partial charge in [0.1, 0.15) is 5.75 Å². The molecule has 5 heteroatoms. The molecular formula is C15H14ClNO3. The van der Waals surface area contributed by atoms with Crippen LogP contribution >= 0.6 is 11.6 Å². The van der Waals surface area contributed by atoms with Crippen molar-refractivity contribution in [3.63, 3.8) is 0 Å². The fourth-order valence-corrected chi connectivity index (χ4v) is 2.33. The molecule has 0 unspecified atom stereocenters. The molecule has 0 aliphatic carbocycles. The highest BCUT2D eigenvalue weighted by atomic mass is 35.5. The molecule has 1 aliphatic rings. The maximum Gasteiger partial charge on any atom is 0.231 e. The van der Waals surface area contributed by atoms with Crippen molar-refractivity contribution in [2.24, 2.45) is 0 Å².